The number of methoxy groups -OCH3 is 1. The average Bonchev–Trinajstić information content (AvgIpc) is 3.56. The first-order valence-corrected chi connectivity index (χ1v) is 14.9. The number of amides is 1. The van der Waals surface area contributed by atoms with E-state index < -0.39 is 9.84 Å². The van der Waals surface area contributed by atoms with Crippen LogP contribution in [0.2, 0.25) is 0 Å². The first kappa shape index (κ1) is 25.9. The van der Waals surface area contributed by atoms with E-state index in [1.54, 1.807) is 53.8 Å². The molecule has 1 aliphatic rings. The standard InChI is InChI=1S/C27H29N5O4S2/c1-27(2,17-29-26-28-14-16-37-26)18-5-7-19(8-6-18)31-15-13-22-23(25(31)33)32(30-24(22)38(4,34)35)20-9-11-21(36-3)12-10-20/h5-12,14,16H,13,15,17H2,1-4H3,(H,28,29). The highest BCUT2D eigenvalue weighted by molar-refractivity contribution is 7.90. The second kappa shape index (κ2) is 9.88. The molecule has 1 amide bonds. The lowest BCUT2D eigenvalue weighted by atomic mass is 9.84. The van der Waals surface area contributed by atoms with E-state index in [0.717, 1.165) is 22.6 Å². The fraction of sp³-hybridized carbons (Fsp3) is 0.296. The number of nitrogens with one attached hydrogen (secondary N) is 1. The van der Waals surface area contributed by atoms with Gasteiger partial charge in [-0.1, -0.05) is 26.0 Å². The summed E-state index contributed by atoms with van der Waals surface area (Å²) in [7, 11) is -2.06. The van der Waals surface area contributed by atoms with Gasteiger partial charge in [-0.05, 0) is 48.4 Å². The van der Waals surface area contributed by atoms with Crippen LogP contribution in [0, 0.1) is 0 Å². The Hall–Kier alpha value is -3.70. The van der Waals surface area contributed by atoms with Crippen LogP contribution in [0.5, 0.6) is 5.75 Å². The molecule has 0 bridgehead atoms. The number of aromatic nitrogens is 3. The molecule has 2 aromatic heterocycles. The van der Waals surface area contributed by atoms with Gasteiger partial charge in [-0.25, -0.2) is 18.1 Å². The average molecular weight is 552 g/mol. The quantitative estimate of drug-likeness (QED) is 0.347. The van der Waals surface area contributed by atoms with Crippen molar-refractivity contribution >= 4 is 37.9 Å². The summed E-state index contributed by atoms with van der Waals surface area (Å²) in [5.74, 6) is 0.359. The van der Waals surface area contributed by atoms with Crippen LogP contribution >= 0.6 is 11.3 Å². The van der Waals surface area contributed by atoms with E-state index in [0.29, 0.717) is 36.5 Å². The Kier molecular flexibility index (Phi) is 6.74. The van der Waals surface area contributed by atoms with Crippen molar-refractivity contribution in [2.24, 2.45) is 0 Å². The smallest absolute Gasteiger partial charge is 0.277 e. The number of ether oxygens (including phenoxy) is 1. The molecule has 9 nitrogen and oxygen atoms in total. The lowest BCUT2D eigenvalue weighted by Gasteiger charge is -2.29. The molecule has 0 atom stereocenters. The van der Waals surface area contributed by atoms with Gasteiger partial charge in [-0.2, -0.15) is 5.10 Å². The van der Waals surface area contributed by atoms with Gasteiger partial charge in [0.25, 0.3) is 5.91 Å². The second-order valence-electron chi connectivity index (χ2n) is 9.84. The third kappa shape index (κ3) is 4.91. The third-order valence-corrected chi connectivity index (χ3v) is 8.48. The van der Waals surface area contributed by atoms with E-state index >= 15 is 0 Å². The number of fused-ring (bicyclic) bond motifs is 1. The molecule has 1 N–H and O–H groups in total. The van der Waals surface area contributed by atoms with Crippen LogP contribution in [-0.2, 0) is 21.7 Å². The zero-order valence-corrected chi connectivity index (χ0v) is 23.3. The summed E-state index contributed by atoms with van der Waals surface area (Å²) in [6, 6.07) is 14.9. The van der Waals surface area contributed by atoms with Crippen LogP contribution in [0.1, 0.15) is 35.5 Å². The molecule has 0 radical (unpaired) electrons. The van der Waals surface area contributed by atoms with E-state index in [2.05, 4.69) is 29.2 Å². The SMILES string of the molecule is COc1ccc(-n2nc(S(C)(=O)=O)c3c2C(=O)N(c2ccc(C(C)(C)CNc4nccs4)cc2)CC3)cc1. The van der Waals surface area contributed by atoms with E-state index in [-0.39, 0.29) is 22.0 Å². The number of carbonyl (C=O) groups is 1. The lowest BCUT2D eigenvalue weighted by Crippen LogP contribution is -2.39. The Bertz CT molecular complexity index is 1560. The Morgan fingerprint density at radius 2 is 1.76 bits per heavy atom. The minimum Gasteiger partial charge on any atom is -0.497 e. The maximum Gasteiger partial charge on any atom is 0.277 e. The van der Waals surface area contributed by atoms with Crippen molar-refractivity contribution in [1.82, 2.24) is 14.8 Å². The van der Waals surface area contributed by atoms with Crippen molar-refractivity contribution in [2.45, 2.75) is 30.7 Å². The van der Waals surface area contributed by atoms with Crippen LogP contribution in [0.15, 0.2) is 65.1 Å². The van der Waals surface area contributed by atoms with E-state index in [1.165, 1.54) is 4.68 Å². The van der Waals surface area contributed by atoms with Gasteiger partial charge in [0, 0.05) is 47.6 Å². The van der Waals surface area contributed by atoms with Crippen molar-refractivity contribution in [3.05, 3.63) is 76.9 Å². The van der Waals surface area contributed by atoms with Gasteiger partial charge < -0.3 is 15.0 Å². The summed E-state index contributed by atoms with van der Waals surface area (Å²) < 4.78 is 31.7. The fourth-order valence-corrected chi connectivity index (χ4v) is 5.99. The normalized spacial score (nSPS) is 13.9. The predicted octanol–water partition coefficient (Wildman–Crippen LogP) is 4.33. The van der Waals surface area contributed by atoms with Gasteiger partial charge in [0.2, 0.25) is 0 Å². The monoisotopic (exact) mass is 551 g/mol. The van der Waals surface area contributed by atoms with Gasteiger partial charge in [-0.3, -0.25) is 4.79 Å². The molecule has 0 aliphatic carbocycles. The van der Waals surface area contributed by atoms with Gasteiger partial charge in [-0.15, -0.1) is 11.3 Å². The molecule has 0 saturated heterocycles. The number of benzene rings is 2. The minimum atomic E-state index is -3.63. The molecule has 3 heterocycles. The van der Waals surface area contributed by atoms with Crippen molar-refractivity contribution in [2.75, 3.05) is 36.7 Å². The van der Waals surface area contributed by atoms with Crippen molar-refractivity contribution in [3.8, 4) is 11.4 Å². The number of sulfone groups is 1. The summed E-state index contributed by atoms with van der Waals surface area (Å²) in [4.78, 5) is 19.8. The summed E-state index contributed by atoms with van der Waals surface area (Å²) in [5.41, 5.74) is 3.00. The number of hydrogen-bond donors (Lipinski definition) is 1. The number of hydrogen-bond acceptors (Lipinski definition) is 8. The first-order valence-electron chi connectivity index (χ1n) is 12.1. The van der Waals surface area contributed by atoms with E-state index in [9.17, 15) is 13.2 Å². The molecular weight excluding hydrogens is 522 g/mol. The predicted molar refractivity (Wildman–Crippen MR) is 149 cm³/mol. The summed E-state index contributed by atoms with van der Waals surface area (Å²) >= 11 is 1.56. The molecule has 11 heteroatoms. The highest BCUT2D eigenvalue weighted by atomic mass is 32.2. The molecule has 0 unspecified atom stereocenters. The fourth-order valence-electron chi connectivity index (χ4n) is 4.58. The van der Waals surface area contributed by atoms with Crippen molar-refractivity contribution in [1.29, 1.82) is 0 Å². The van der Waals surface area contributed by atoms with Crippen LogP contribution in [0.25, 0.3) is 5.69 Å². The molecule has 0 saturated carbocycles. The van der Waals surface area contributed by atoms with Crippen LogP contribution < -0.4 is 15.0 Å². The first-order chi connectivity index (χ1) is 18.1. The van der Waals surface area contributed by atoms with Crippen LogP contribution in [0.3, 0.4) is 0 Å². The van der Waals surface area contributed by atoms with Gasteiger partial charge in [0.1, 0.15) is 11.4 Å². The minimum absolute atomic E-state index is 0.0545. The molecule has 0 fully saturated rings. The zero-order valence-electron chi connectivity index (χ0n) is 21.6. The Morgan fingerprint density at radius 3 is 2.37 bits per heavy atom. The zero-order chi connectivity index (χ0) is 27.1. The Balaban J connectivity index is 1.45. The summed E-state index contributed by atoms with van der Waals surface area (Å²) in [6.45, 7) is 5.38. The molecule has 1 aliphatic heterocycles. The second-order valence-corrected chi connectivity index (χ2v) is 12.7. The van der Waals surface area contributed by atoms with Gasteiger partial charge >= 0.3 is 0 Å². The summed E-state index contributed by atoms with van der Waals surface area (Å²) in [6.07, 6.45) is 3.27. The molecule has 38 heavy (non-hydrogen) atoms. The maximum absolute atomic E-state index is 13.8. The Labute approximate surface area is 226 Å². The molecule has 2 aromatic carbocycles. The molecule has 4 aromatic rings. The number of thiazole rings is 1. The van der Waals surface area contributed by atoms with Gasteiger partial charge in [0.15, 0.2) is 20.0 Å². The van der Waals surface area contributed by atoms with Gasteiger partial charge in [0.05, 0.1) is 12.8 Å². The molecule has 0 spiro atoms. The van der Waals surface area contributed by atoms with Crippen LogP contribution in [-0.4, -0.2) is 55.5 Å². The van der Waals surface area contributed by atoms with E-state index in [1.807, 2.05) is 29.6 Å². The largest absolute Gasteiger partial charge is 0.497 e. The molecule has 5 rings (SSSR count). The van der Waals surface area contributed by atoms with E-state index in [4.69, 9.17) is 4.74 Å². The maximum atomic E-state index is 13.8. The summed E-state index contributed by atoms with van der Waals surface area (Å²) in [5, 5.41) is 10.5. The third-order valence-electron chi connectivity index (χ3n) is 6.72. The highest BCUT2D eigenvalue weighted by Gasteiger charge is 2.36. The number of carbonyl (C=O) groups excluding carboxylic acids is 1. The number of rotatable bonds is 8. The topological polar surface area (TPSA) is 106 Å². The van der Waals surface area contributed by atoms with Crippen molar-refractivity contribution in [3.63, 3.8) is 0 Å². The molecular formula is C27H29N5O4S2. The Morgan fingerprint density at radius 1 is 1.08 bits per heavy atom. The van der Waals surface area contributed by atoms with Crippen molar-refractivity contribution < 1.29 is 17.9 Å². The lowest BCUT2D eigenvalue weighted by molar-refractivity contribution is 0.0973. The number of nitrogens with zero attached hydrogens (tertiary/aromatic N) is 4. The van der Waals surface area contributed by atoms with Crippen LogP contribution in [0.4, 0.5) is 10.8 Å². The number of anilines is 2. The highest BCUT2D eigenvalue weighted by Crippen LogP contribution is 2.32. The molecule has 198 valence electrons.